The van der Waals surface area contributed by atoms with E-state index in [4.69, 9.17) is 4.74 Å². The van der Waals surface area contributed by atoms with Crippen molar-refractivity contribution in [2.75, 3.05) is 38.2 Å². The average molecular weight is 301 g/mol. The van der Waals surface area contributed by atoms with E-state index in [9.17, 15) is 4.79 Å². The summed E-state index contributed by atoms with van der Waals surface area (Å²) in [4.78, 5) is 21.1. The third-order valence-corrected chi connectivity index (χ3v) is 5.61. The molecule has 1 aliphatic heterocycles. The number of hydrogen-bond donors (Lipinski definition) is 0. The molecule has 3 aliphatic rings. The summed E-state index contributed by atoms with van der Waals surface area (Å²) in [5, 5.41) is 0. The maximum absolute atomic E-state index is 12.6. The molecule has 3 fully saturated rings. The quantitative estimate of drug-likeness (QED) is 0.854. The van der Waals surface area contributed by atoms with Gasteiger partial charge in [0.1, 0.15) is 0 Å². The van der Waals surface area contributed by atoms with E-state index in [0.29, 0.717) is 23.7 Å². The van der Waals surface area contributed by atoms with Gasteiger partial charge in [-0.25, -0.2) is 0 Å². The molecule has 2 atom stereocenters. The van der Waals surface area contributed by atoms with Crippen LogP contribution in [0.25, 0.3) is 0 Å². The van der Waals surface area contributed by atoms with E-state index >= 15 is 0 Å². The van der Waals surface area contributed by atoms with Gasteiger partial charge in [-0.1, -0.05) is 6.42 Å². The molecule has 0 spiro atoms. The summed E-state index contributed by atoms with van der Waals surface area (Å²) in [6, 6.07) is 1.99. The van der Waals surface area contributed by atoms with Crippen LogP contribution in [-0.4, -0.2) is 49.1 Å². The Labute approximate surface area is 131 Å². The van der Waals surface area contributed by atoms with Crippen molar-refractivity contribution >= 4 is 11.6 Å². The number of carbonyl (C=O) groups is 1. The standard InChI is InChI=1S/C17H23N3O2/c1-22-15-11-18-6-5-14(15)19-7-9-20(10-8-19)17(21)16-12-3-2-4-13(12)16/h5-6,11-13,16H,2-4,7-10H2,1H3. The minimum absolute atomic E-state index is 0.357. The van der Waals surface area contributed by atoms with Crippen LogP contribution in [0.3, 0.4) is 0 Å². The maximum atomic E-state index is 12.6. The summed E-state index contributed by atoms with van der Waals surface area (Å²) >= 11 is 0. The van der Waals surface area contributed by atoms with Gasteiger partial charge >= 0.3 is 0 Å². The lowest BCUT2D eigenvalue weighted by Crippen LogP contribution is -2.49. The largest absolute Gasteiger partial charge is 0.493 e. The van der Waals surface area contributed by atoms with E-state index < -0.39 is 0 Å². The zero-order valence-electron chi connectivity index (χ0n) is 13.1. The highest BCUT2D eigenvalue weighted by Gasteiger charge is 2.57. The molecule has 0 bridgehead atoms. The highest BCUT2D eigenvalue weighted by molar-refractivity contribution is 5.83. The Hall–Kier alpha value is -1.78. The molecule has 2 aliphatic carbocycles. The first-order valence-electron chi connectivity index (χ1n) is 8.31. The molecule has 1 saturated heterocycles. The molecule has 0 aromatic carbocycles. The Morgan fingerprint density at radius 2 is 1.95 bits per heavy atom. The van der Waals surface area contributed by atoms with Crippen LogP contribution in [0.4, 0.5) is 5.69 Å². The van der Waals surface area contributed by atoms with Crippen molar-refractivity contribution in [1.29, 1.82) is 0 Å². The highest BCUT2D eigenvalue weighted by Crippen LogP contribution is 2.58. The molecule has 1 aromatic rings. The highest BCUT2D eigenvalue weighted by atomic mass is 16.5. The maximum Gasteiger partial charge on any atom is 0.226 e. The van der Waals surface area contributed by atoms with Crippen LogP contribution >= 0.6 is 0 Å². The minimum atomic E-state index is 0.357. The number of hydrogen-bond acceptors (Lipinski definition) is 4. The molecule has 0 radical (unpaired) electrons. The summed E-state index contributed by atoms with van der Waals surface area (Å²) in [5.74, 6) is 3.00. The van der Waals surface area contributed by atoms with Gasteiger partial charge in [0.15, 0.2) is 5.75 Å². The van der Waals surface area contributed by atoms with Crippen LogP contribution in [0.2, 0.25) is 0 Å². The molecule has 5 heteroatoms. The molecular formula is C17H23N3O2. The molecule has 1 amide bonds. The second-order valence-electron chi connectivity index (χ2n) is 6.64. The summed E-state index contributed by atoms with van der Waals surface area (Å²) in [6.07, 6.45) is 7.41. The molecule has 2 saturated carbocycles. The Morgan fingerprint density at radius 3 is 2.64 bits per heavy atom. The minimum Gasteiger partial charge on any atom is -0.493 e. The zero-order chi connectivity index (χ0) is 15.1. The van der Waals surface area contributed by atoms with Crippen molar-refractivity contribution in [2.45, 2.75) is 19.3 Å². The Balaban J connectivity index is 1.37. The van der Waals surface area contributed by atoms with Crippen molar-refractivity contribution in [1.82, 2.24) is 9.88 Å². The Bertz CT molecular complexity index is 559. The number of ether oxygens (including phenoxy) is 1. The fourth-order valence-corrected chi connectivity index (χ4v) is 4.36. The lowest BCUT2D eigenvalue weighted by molar-refractivity contribution is -0.133. The second kappa shape index (κ2) is 5.45. The number of piperazine rings is 1. The molecule has 5 nitrogen and oxygen atoms in total. The number of rotatable bonds is 3. The van der Waals surface area contributed by atoms with Crippen molar-refractivity contribution in [3.05, 3.63) is 18.5 Å². The first-order valence-corrected chi connectivity index (χ1v) is 8.31. The Kier molecular flexibility index (Phi) is 3.43. The lowest BCUT2D eigenvalue weighted by atomic mass is 10.1. The molecular weight excluding hydrogens is 278 g/mol. The molecule has 118 valence electrons. The number of anilines is 1. The predicted octanol–water partition coefficient (Wildman–Crippen LogP) is 1.78. The predicted molar refractivity (Wildman–Crippen MR) is 83.9 cm³/mol. The average Bonchev–Trinajstić information content (AvgIpc) is 3.06. The Morgan fingerprint density at radius 1 is 1.23 bits per heavy atom. The molecule has 2 unspecified atom stereocenters. The number of fused-ring (bicyclic) bond motifs is 1. The second-order valence-corrected chi connectivity index (χ2v) is 6.64. The lowest BCUT2D eigenvalue weighted by Gasteiger charge is -2.36. The van der Waals surface area contributed by atoms with E-state index in [1.165, 1.54) is 19.3 Å². The normalized spacial score (nSPS) is 30.1. The van der Waals surface area contributed by atoms with Crippen LogP contribution in [0, 0.1) is 17.8 Å². The molecule has 22 heavy (non-hydrogen) atoms. The molecule has 0 N–H and O–H groups in total. The van der Waals surface area contributed by atoms with Gasteiger partial charge in [-0.3, -0.25) is 9.78 Å². The smallest absolute Gasteiger partial charge is 0.226 e. The molecule has 4 rings (SSSR count). The first kappa shape index (κ1) is 13.9. The fraction of sp³-hybridized carbons (Fsp3) is 0.647. The van der Waals surface area contributed by atoms with Gasteiger partial charge in [-0.15, -0.1) is 0 Å². The fourth-order valence-electron chi connectivity index (χ4n) is 4.36. The monoisotopic (exact) mass is 301 g/mol. The van der Waals surface area contributed by atoms with Crippen molar-refractivity contribution in [2.24, 2.45) is 17.8 Å². The van der Waals surface area contributed by atoms with E-state index in [1.807, 2.05) is 6.07 Å². The summed E-state index contributed by atoms with van der Waals surface area (Å²) in [7, 11) is 1.67. The van der Waals surface area contributed by atoms with Gasteiger partial charge in [-0.05, 0) is 30.7 Å². The van der Waals surface area contributed by atoms with Gasteiger partial charge in [0.2, 0.25) is 5.91 Å². The number of pyridine rings is 1. The summed E-state index contributed by atoms with van der Waals surface area (Å²) < 4.78 is 5.39. The van der Waals surface area contributed by atoms with Crippen molar-refractivity contribution < 1.29 is 9.53 Å². The molecule has 1 aromatic heterocycles. The first-order chi connectivity index (χ1) is 10.8. The van der Waals surface area contributed by atoms with Crippen molar-refractivity contribution in [3.8, 4) is 5.75 Å². The van der Waals surface area contributed by atoms with E-state index in [1.54, 1.807) is 19.5 Å². The number of nitrogens with zero attached hydrogens (tertiary/aromatic N) is 3. The van der Waals surface area contributed by atoms with Crippen LogP contribution in [0.15, 0.2) is 18.5 Å². The van der Waals surface area contributed by atoms with Gasteiger partial charge in [0.05, 0.1) is 19.0 Å². The summed E-state index contributed by atoms with van der Waals surface area (Å²) in [5.41, 5.74) is 1.08. The van der Waals surface area contributed by atoms with Crippen LogP contribution < -0.4 is 9.64 Å². The third kappa shape index (κ3) is 2.23. The van der Waals surface area contributed by atoms with Gasteiger partial charge in [-0.2, -0.15) is 0 Å². The van der Waals surface area contributed by atoms with Crippen molar-refractivity contribution in [3.63, 3.8) is 0 Å². The van der Waals surface area contributed by atoms with E-state index in [2.05, 4.69) is 14.8 Å². The topological polar surface area (TPSA) is 45.7 Å². The van der Waals surface area contributed by atoms with Gasteiger partial charge < -0.3 is 14.5 Å². The van der Waals surface area contributed by atoms with Crippen LogP contribution in [0.5, 0.6) is 5.75 Å². The van der Waals surface area contributed by atoms with Crippen LogP contribution in [0.1, 0.15) is 19.3 Å². The van der Waals surface area contributed by atoms with E-state index in [-0.39, 0.29) is 0 Å². The molecule has 2 heterocycles. The number of methoxy groups -OCH3 is 1. The number of carbonyl (C=O) groups excluding carboxylic acids is 1. The zero-order valence-corrected chi connectivity index (χ0v) is 13.1. The van der Waals surface area contributed by atoms with Crippen LogP contribution in [-0.2, 0) is 4.79 Å². The third-order valence-electron chi connectivity index (χ3n) is 5.61. The van der Waals surface area contributed by atoms with Gasteiger partial charge in [0.25, 0.3) is 0 Å². The number of amides is 1. The van der Waals surface area contributed by atoms with Gasteiger partial charge in [0, 0.05) is 38.3 Å². The number of aromatic nitrogens is 1. The SMILES string of the molecule is COc1cnccc1N1CCN(C(=O)C2C3CCCC32)CC1. The van der Waals surface area contributed by atoms with E-state index in [0.717, 1.165) is 37.6 Å². The summed E-state index contributed by atoms with van der Waals surface area (Å²) in [6.45, 7) is 3.38.